The van der Waals surface area contributed by atoms with Gasteiger partial charge in [-0.15, -0.1) is 0 Å². The van der Waals surface area contributed by atoms with E-state index < -0.39 is 0 Å². The largest absolute Gasteiger partial charge is 0.453 e. The maximum atomic E-state index is 13.0. The molecule has 0 N–H and O–H groups in total. The molecule has 1 saturated heterocycles. The maximum absolute atomic E-state index is 13.0. The molecule has 5 heteroatoms. The summed E-state index contributed by atoms with van der Waals surface area (Å²) >= 11 is 6.53. The zero-order valence-corrected chi connectivity index (χ0v) is 17.7. The molecule has 1 aliphatic carbocycles. The number of aldehydes is 1. The van der Waals surface area contributed by atoms with Crippen LogP contribution in [-0.2, 0) is 11.2 Å². The van der Waals surface area contributed by atoms with Crippen LogP contribution in [0.4, 0.5) is 0 Å². The molecule has 0 radical (unpaired) electrons. The van der Waals surface area contributed by atoms with E-state index in [0.717, 1.165) is 42.9 Å². The molecule has 1 atom stereocenters. The van der Waals surface area contributed by atoms with Crippen molar-refractivity contribution in [1.82, 2.24) is 4.90 Å². The van der Waals surface area contributed by atoms with Crippen molar-refractivity contribution in [2.75, 3.05) is 6.54 Å². The van der Waals surface area contributed by atoms with E-state index in [1.807, 2.05) is 18.2 Å². The van der Waals surface area contributed by atoms with Gasteiger partial charge in [-0.2, -0.15) is 0 Å². The highest BCUT2D eigenvalue weighted by atomic mass is 35.5. The van der Waals surface area contributed by atoms with Gasteiger partial charge in [-0.25, -0.2) is 0 Å². The summed E-state index contributed by atoms with van der Waals surface area (Å²) in [6, 6.07) is 9.61. The van der Waals surface area contributed by atoms with Crippen molar-refractivity contribution in [3.05, 3.63) is 46.7 Å². The summed E-state index contributed by atoms with van der Waals surface area (Å²) in [5.74, 6) is 2.07. The highest BCUT2D eigenvalue weighted by molar-refractivity contribution is 6.31. The summed E-state index contributed by atoms with van der Waals surface area (Å²) in [5.41, 5.74) is 1.83. The van der Waals surface area contributed by atoms with Gasteiger partial charge in [-0.3, -0.25) is 9.59 Å². The molecule has 2 fully saturated rings. The van der Waals surface area contributed by atoms with Crippen LogP contribution in [0.2, 0.25) is 5.02 Å². The second-order valence-corrected chi connectivity index (χ2v) is 8.84. The van der Waals surface area contributed by atoms with E-state index in [9.17, 15) is 9.59 Å². The predicted molar refractivity (Wildman–Crippen MR) is 114 cm³/mol. The number of rotatable bonds is 6. The Kier molecular flexibility index (Phi) is 6.09. The number of amides is 1. The summed E-state index contributed by atoms with van der Waals surface area (Å²) in [5, 5.41) is 0.640. The van der Waals surface area contributed by atoms with Crippen LogP contribution in [0.15, 0.2) is 34.7 Å². The van der Waals surface area contributed by atoms with Gasteiger partial charge in [0.2, 0.25) is 5.91 Å². The van der Waals surface area contributed by atoms with Gasteiger partial charge < -0.3 is 9.32 Å². The molecule has 2 aliphatic rings. The quantitative estimate of drug-likeness (QED) is 0.564. The third-order valence-electron chi connectivity index (χ3n) is 6.73. The fraction of sp³-hybridized carbons (Fsp3) is 0.500. The van der Waals surface area contributed by atoms with Crippen molar-refractivity contribution in [3.8, 4) is 11.3 Å². The molecule has 1 unspecified atom stereocenters. The highest BCUT2D eigenvalue weighted by Crippen LogP contribution is 2.35. The Bertz CT molecular complexity index is 882. The minimum Gasteiger partial charge on any atom is -0.453 e. The summed E-state index contributed by atoms with van der Waals surface area (Å²) in [4.78, 5) is 26.0. The molecule has 1 aromatic carbocycles. The van der Waals surface area contributed by atoms with E-state index in [-0.39, 0.29) is 5.92 Å². The van der Waals surface area contributed by atoms with Crippen LogP contribution in [0.25, 0.3) is 11.3 Å². The van der Waals surface area contributed by atoms with Crippen molar-refractivity contribution in [2.45, 2.75) is 57.9 Å². The Hall–Kier alpha value is -2.07. The third kappa shape index (κ3) is 4.28. The van der Waals surface area contributed by atoms with Crippen LogP contribution in [-0.4, -0.2) is 29.7 Å². The zero-order chi connectivity index (χ0) is 20.4. The van der Waals surface area contributed by atoms with Crippen LogP contribution in [0.5, 0.6) is 0 Å². The normalized spacial score (nSPS) is 24.8. The molecular formula is C24H28ClNO3. The smallest absolute Gasteiger partial charge is 0.226 e. The number of benzene rings is 1. The number of likely N-dealkylation sites (tertiary alicyclic amines) is 1. The molecule has 1 amide bonds. The lowest BCUT2D eigenvalue weighted by Gasteiger charge is -2.34. The van der Waals surface area contributed by atoms with Crippen molar-refractivity contribution in [2.24, 2.45) is 11.8 Å². The molecule has 2 heterocycles. The molecule has 1 saturated carbocycles. The van der Waals surface area contributed by atoms with Gasteiger partial charge in [0, 0.05) is 29.1 Å². The number of nitrogens with zero attached hydrogens (tertiary/aromatic N) is 1. The Balaban J connectivity index is 1.40. The molecule has 4 nitrogen and oxygen atoms in total. The zero-order valence-electron chi connectivity index (χ0n) is 16.9. The number of hydrogen-bond acceptors (Lipinski definition) is 3. The first-order valence-corrected chi connectivity index (χ1v) is 11.1. The first kappa shape index (κ1) is 20.2. The van der Waals surface area contributed by atoms with E-state index >= 15 is 0 Å². The van der Waals surface area contributed by atoms with E-state index in [1.54, 1.807) is 12.1 Å². The lowest BCUT2D eigenvalue weighted by molar-refractivity contribution is -0.133. The average molecular weight is 414 g/mol. The molecule has 154 valence electrons. The second kappa shape index (κ2) is 8.74. The van der Waals surface area contributed by atoms with Crippen LogP contribution in [0, 0.1) is 11.8 Å². The number of furan rings is 1. The van der Waals surface area contributed by atoms with Crippen LogP contribution >= 0.6 is 11.6 Å². The summed E-state index contributed by atoms with van der Waals surface area (Å²) in [6.07, 6.45) is 8.33. The Morgan fingerprint density at radius 3 is 2.59 bits per heavy atom. The first-order chi connectivity index (χ1) is 14.1. The molecular weight excluding hydrogens is 386 g/mol. The molecule has 0 bridgehead atoms. The summed E-state index contributed by atoms with van der Waals surface area (Å²) in [7, 11) is 0. The fourth-order valence-electron chi connectivity index (χ4n) is 4.88. The van der Waals surface area contributed by atoms with Gasteiger partial charge in [0.05, 0.1) is 0 Å². The first-order valence-electron chi connectivity index (χ1n) is 10.7. The van der Waals surface area contributed by atoms with Crippen molar-refractivity contribution >= 4 is 23.8 Å². The Morgan fingerprint density at radius 1 is 1.14 bits per heavy atom. The van der Waals surface area contributed by atoms with Crippen molar-refractivity contribution in [3.63, 3.8) is 0 Å². The summed E-state index contributed by atoms with van der Waals surface area (Å²) < 4.78 is 5.47. The van der Waals surface area contributed by atoms with Gasteiger partial charge in [0.15, 0.2) is 12.0 Å². The minimum atomic E-state index is 0.0209. The SMILES string of the molecule is CCC1CCC(N2CCC(Cc3ccc(-c4ccc(C=O)o4)cc3Cl)C2=O)CC1. The van der Waals surface area contributed by atoms with Gasteiger partial charge in [-0.05, 0) is 68.2 Å². The topological polar surface area (TPSA) is 50.5 Å². The van der Waals surface area contributed by atoms with E-state index in [0.29, 0.717) is 41.2 Å². The molecule has 4 rings (SSSR count). The number of carbonyl (C=O) groups excluding carboxylic acids is 2. The monoisotopic (exact) mass is 413 g/mol. The third-order valence-corrected chi connectivity index (χ3v) is 7.08. The number of halogens is 1. The Morgan fingerprint density at radius 2 is 1.93 bits per heavy atom. The molecule has 2 aromatic rings. The average Bonchev–Trinajstić information content (AvgIpc) is 3.37. The number of carbonyl (C=O) groups is 2. The Labute approximate surface area is 177 Å². The lowest BCUT2D eigenvalue weighted by atomic mass is 9.84. The van der Waals surface area contributed by atoms with E-state index in [4.69, 9.17) is 16.0 Å². The van der Waals surface area contributed by atoms with E-state index in [2.05, 4.69) is 11.8 Å². The number of hydrogen-bond donors (Lipinski definition) is 0. The fourth-order valence-corrected chi connectivity index (χ4v) is 5.14. The summed E-state index contributed by atoms with van der Waals surface area (Å²) in [6.45, 7) is 3.14. The van der Waals surface area contributed by atoms with Gasteiger partial charge in [0.25, 0.3) is 0 Å². The van der Waals surface area contributed by atoms with Gasteiger partial charge >= 0.3 is 0 Å². The van der Waals surface area contributed by atoms with Gasteiger partial charge in [0.1, 0.15) is 5.76 Å². The van der Waals surface area contributed by atoms with Gasteiger partial charge in [-0.1, -0.05) is 37.1 Å². The van der Waals surface area contributed by atoms with Crippen LogP contribution < -0.4 is 0 Å². The predicted octanol–water partition coefficient (Wildman–Crippen LogP) is 5.77. The van der Waals surface area contributed by atoms with Crippen molar-refractivity contribution < 1.29 is 14.0 Å². The van der Waals surface area contributed by atoms with Crippen molar-refractivity contribution in [1.29, 1.82) is 0 Å². The molecule has 1 aliphatic heterocycles. The van der Waals surface area contributed by atoms with Crippen LogP contribution in [0.1, 0.15) is 61.6 Å². The lowest BCUT2D eigenvalue weighted by Crippen LogP contribution is -2.40. The van der Waals surface area contributed by atoms with Crippen LogP contribution in [0.3, 0.4) is 0 Å². The standard InChI is InChI=1S/C24H28ClNO3/c1-2-16-3-7-20(8-4-16)26-12-11-19(24(26)28)13-17-5-6-18(14-22(17)25)23-10-9-21(15-27)29-23/h5-6,9-10,14-16,19-20H,2-4,7-8,11-13H2,1H3. The van der Waals surface area contributed by atoms with E-state index in [1.165, 1.54) is 19.3 Å². The molecule has 1 aromatic heterocycles. The highest BCUT2D eigenvalue weighted by Gasteiger charge is 2.37. The molecule has 0 spiro atoms. The minimum absolute atomic E-state index is 0.0209. The maximum Gasteiger partial charge on any atom is 0.226 e. The second-order valence-electron chi connectivity index (χ2n) is 8.43. The molecule has 29 heavy (non-hydrogen) atoms.